The van der Waals surface area contributed by atoms with Crippen LogP contribution in [-0.2, 0) is 24.7 Å². The van der Waals surface area contributed by atoms with Crippen molar-refractivity contribution in [2.24, 2.45) is 12.5 Å². The van der Waals surface area contributed by atoms with Crippen molar-refractivity contribution in [3.63, 3.8) is 0 Å². The van der Waals surface area contributed by atoms with Crippen LogP contribution >= 0.6 is 11.6 Å². The highest BCUT2D eigenvalue weighted by molar-refractivity contribution is 6.32. The summed E-state index contributed by atoms with van der Waals surface area (Å²) in [5.74, 6) is 0.319. The van der Waals surface area contributed by atoms with Crippen molar-refractivity contribution >= 4 is 17.4 Å². The number of carbonyl (C=O) groups is 1. The first-order valence-electron chi connectivity index (χ1n) is 7.21. The molecule has 1 aliphatic carbocycles. The largest absolute Gasteiger partial charge is 0.299 e. The molecule has 0 amide bonds. The number of aryl methyl sites for hydroxylation is 2. The maximum atomic E-state index is 12.6. The van der Waals surface area contributed by atoms with Crippen molar-refractivity contribution in [1.29, 1.82) is 0 Å². The predicted octanol–water partition coefficient (Wildman–Crippen LogP) is 3.72. The van der Waals surface area contributed by atoms with Crippen LogP contribution in [0.3, 0.4) is 0 Å². The molecule has 0 bridgehead atoms. The summed E-state index contributed by atoms with van der Waals surface area (Å²) in [6, 6.07) is 0. The minimum absolute atomic E-state index is 0.155. The van der Waals surface area contributed by atoms with Crippen LogP contribution in [0.1, 0.15) is 57.3 Å². The molecule has 1 aromatic heterocycles. The predicted molar refractivity (Wildman–Crippen MR) is 77.5 cm³/mol. The number of hydrogen-bond acceptors (Lipinski definition) is 2. The quantitative estimate of drug-likeness (QED) is 0.844. The average Bonchev–Trinajstić information content (AvgIpc) is 2.67. The minimum atomic E-state index is -0.155. The molecule has 19 heavy (non-hydrogen) atoms. The van der Waals surface area contributed by atoms with Crippen LogP contribution in [0, 0.1) is 5.41 Å². The molecule has 106 valence electrons. The Kier molecular flexibility index (Phi) is 4.34. The second-order valence-corrected chi connectivity index (χ2v) is 6.28. The van der Waals surface area contributed by atoms with Gasteiger partial charge in [-0.1, -0.05) is 44.7 Å². The van der Waals surface area contributed by atoms with Crippen LogP contribution in [0.25, 0.3) is 0 Å². The summed E-state index contributed by atoms with van der Waals surface area (Å²) in [7, 11) is 1.87. The third-order valence-corrected chi connectivity index (χ3v) is 4.90. The average molecular weight is 283 g/mol. The van der Waals surface area contributed by atoms with E-state index in [-0.39, 0.29) is 5.41 Å². The van der Waals surface area contributed by atoms with Crippen LogP contribution < -0.4 is 0 Å². The monoisotopic (exact) mass is 282 g/mol. The van der Waals surface area contributed by atoms with Crippen molar-refractivity contribution in [2.75, 3.05) is 0 Å². The highest BCUT2D eigenvalue weighted by atomic mass is 35.5. The summed E-state index contributed by atoms with van der Waals surface area (Å²) in [6.07, 6.45) is 6.85. The first-order valence-corrected chi connectivity index (χ1v) is 7.59. The number of rotatable bonds is 4. The standard InChI is InChI=1S/C15H23ClN2O/c1-4-11-14(16)12(18(3)17-11)10-13(19)15(2)8-6-5-7-9-15/h4-10H2,1-3H3. The number of carbonyl (C=O) groups excluding carboxylic acids is 1. The Morgan fingerprint density at radius 2 is 2.00 bits per heavy atom. The fourth-order valence-electron chi connectivity index (χ4n) is 2.99. The molecule has 3 nitrogen and oxygen atoms in total. The Morgan fingerprint density at radius 3 is 2.53 bits per heavy atom. The molecule has 1 saturated carbocycles. The summed E-state index contributed by atoms with van der Waals surface area (Å²) in [5.41, 5.74) is 1.61. The lowest BCUT2D eigenvalue weighted by atomic mass is 9.71. The van der Waals surface area contributed by atoms with E-state index in [0.29, 0.717) is 17.2 Å². The van der Waals surface area contributed by atoms with Gasteiger partial charge in [0.2, 0.25) is 0 Å². The van der Waals surface area contributed by atoms with E-state index in [1.54, 1.807) is 4.68 Å². The lowest BCUT2D eigenvalue weighted by molar-refractivity contribution is -0.129. The molecule has 2 rings (SSSR count). The van der Waals surface area contributed by atoms with Gasteiger partial charge in [0.05, 0.1) is 22.8 Å². The van der Waals surface area contributed by atoms with E-state index in [1.165, 1.54) is 19.3 Å². The van der Waals surface area contributed by atoms with Gasteiger partial charge in [0.1, 0.15) is 5.78 Å². The second-order valence-electron chi connectivity index (χ2n) is 5.91. The van der Waals surface area contributed by atoms with Crippen LogP contribution in [0.4, 0.5) is 0 Å². The smallest absolute Gasteiger partial charge is 0.144 e. The van der Waals surface area contributed by atoms with Gasteiger partial charge in [-0.15, -0.1) is 0 Å². The summed E-state index contributed by atoms with van der Waals surface area (Å²) >= 11 is 6.32. The molecule has 0 atom stereocenters. The summed E-state index contributed by atoms with van der Waals surface area (Å²) in [5, 5.41) is 5.06. The van der Waals surface area contributed by atoms with Gasteiger partial charge < -0.3 is 0 Å². The fraction of sp³-hybridized carbons (Fsp3) is 0.733. The molecular weight excluding hydrogens is 260 g/mol. The van der Waals surface area contributed by atoms with Crippen LogP contribution in [0.5, 0.6) is 0 Å². The van der Waals surface area contributed by atoms with Gasteiger partial charge in [0.25, 0.3) is 0 Å². The maximum absolute atomic E-state index is 12.6. The molecular formula is C15H23ClN2O. The van der Waals surface area contributed by atoms with E-state index in [4.69, 9.17) is 11.6 Å². The van der Waals surface area contributed by atoms with Gasteiger partial charge in [-0.3, -0.25) is 9.48 Å². The molecule has 4 heteroatoms. The first-order chi connectivity index (χ1) is 8.98. The number of ketones is 1. The number of halogens is 1. The van der Waals surface area contributed by atoms with Crippen LogP contribution in [0.15, 0.2) is 0 Å². The molecule has 1 aromatic rings. The normalized spacial score (nSPS) is 18.5. The fourth-order valence-corrected chi connectivity index (χ4v) is 3.35. The zero-order chi connectivity index (χ0) is 14.0. The zero-order valence-electron chi connectivity index (χ0n) is 12.1. The summed E-state index contributed by atoms with van der Waals surface area (Å²) in [6.45, 7) is 4.14. The second kappa shape index (κ2) is 5.66. The Labute approximate surface area is 120 Å². The molecule has 1 fully saturated rings. The number of nitrogens with zero attached hydrogens (tertiary/aromatic N) is 2. The zero-order valence-corrected chi connectivity index (χ0v) is 12.9. The summed E-state index contributed by atoms with van der Waals surface area (Å²) in [4.78, 5) is 12.6. The van der Waals surface area contributed by atoms with Gasteiger partial charge in [-0.05, 0) is 19.3 Å². The van der Waals surface area contributed by atoms with Gasteiger partial charge in [-0.25, -0.2) is 0 Å². The van der Waals surface area contributed by atoms with Gasteiger partial charge in [0.15, 0.2) is 0 Å². The lowest BCUT2D eigenvalue weighted by Crippen LogP contribution is -2.32. The molecule has 0 unspecified atom stereocenters. The van der Waals surface area contributed by atoms with Crippen molar-refractivity contribution in [1.82, 2.24) is 9.78 Å². The molecule has 0 radical (unpaired) electrons. The van der Waals surface area contributed by atoms with E-state index < -0.39 is 0 Å². The molecule has 1 heterocycles. The van der Waals surface area contributed by atoms with Crippen molar-refractivity contribution in [2.45, 2.75) is 58.8 Å². The van der Waals surface area contributed by atoms with Crippen LogP contribution in [-0.4, -0.2) is 15.6 Å². The Bertz CT molecular complexity index is 473. The SMILES string of the molecule is CCc1nn(C)c(CC(=O)C2(C)CCCCC2)c1Cl. The molecule has 0 saturated heterocycles. The van der Waals surface area contributed by atoms with Crippen molar-refractivity contribution < 1.29 is 4.79 Å². The van der Waals surface area contributed by atoms with Gasteiger partial charge >= 0.3 is 0 Å². The Balaban J connectivity index is 2.16. The Hall–Kier alpha value is -0.830. The molecule has 0 aliphatic heterocycles. The van der Waals surface area contributed by atoms with E-state index >= 15 is 0 Å². The third kappa shape index (κ3) is 2.86. The van der Waals surface area contributed by atoms with Crippen LogP contribution in [0.2, 0.25) is 5.02 Å². The van der Waals surface area contributed by atoms with E-state index in [1.807, 2.05) is 14.0 Å². The third-order valence-electron chi connectivity index (χ3n) is 4.46. The number of aromatic nitrogens is 2. The first kappa shape index (κ1) is 14.6. The van der Waals surface area contributed by atoms with Gasteiger partial charge in [-0.2, -0.15) is 5.10 Å². The van der Waals surface area contributed by atoms with E-state index in [0.717, 1.165) is 30.7 Å². The maximum Gasteiger partial charge on any atom is 0.144 e. The molecule has 0 N–H and O–H groups in total. The number of Topliss-reactive ketones (excluding diaryl/α,β-unsaturated/α-hetero) is 1. The molecule has 0 spiro atoms. The lowest BCUT2D eigenvalue weighted by Gasteiger charge is -2.32. The highest BCUT2D eigenvalue weighted by Crippen LogP contribution is 2.38. The topological polar surface area (TPSA) is 34.9 Å². The molecule has 1 aliphatic rings. The summed E-state index contributed by atoms with van der Waals surface area (Å²) < 4.78 is 1.77. The Morgan fingerprint density at radius 1 is 1.37 bits per heavy atom. The minimum Gasteiger partial charge on any atom is -0.299 e. The highest BCUT2D eigenvalue weighted by Gasteiger charge is 2.35. The molecule has 0 aromatic carbocycles. The van der Waals surface area contributed by atoms with Gasteiger partial charge in [0, 0.05) is 12.5 Å². The van der Waals surface area contributed by atoms with Crippen molar-refractivity contribution in [3.05, 3.63) is 16.4 Å². The van der Waals surface area contributed by atoms with E-state index in [9.17, 15) is 4.79 Å². The number of hydrogen-bond donors (Lipinski definition) is 0. The van der Waals surface area contributed by atoms with Crippen molar-refractivity contribution in [3.8, 4) is 0 Å². The van der Waals surface area contributed by atoms with E-state index in [2.05, 4.69) is 12.0 Å².